The second-order valence-electron chi connectivity index (χ2n) is 3.90. The Morgan fingerprint density at radius 3 is 2.50 bits per heavy atom. The number of hydrogen-bond acceptors (Lipinski definition) is 5. The molecule has 1 aromatic heterocycles. The quantitative estimate of drug-likeness (QED) is 0.626. The van der Waals surface area contributed by atoms with Crippen LogP contribution in [0.1, 0.15) is 16.1 Å². The van der Waals surface area contributed by atoms with Crippen molar-refractivity contribution in [1.82, 2.24) is 4.98 Å². The summed E-state index contributed by atoms with van der Waals surface area (Å²) in [7, 11) is 1.30. The Kier molecular flexibility index (Phi) is 4.36. The van der Waals surface area contributed by atoms with Gasteiger partial charge in [-0.05, 0) is 11.6 Å². The minimum Gasteiger partial charge on any atom is -0.473 e. The van der Waals surface area contributed by atoms with Gasteiger partial charge in [-0.3, -0.25) is 4.79 Å². The smallest absolute Gasteiger partial charge is 0.261 e. The van der Waals surface area contributed by atoms with Crippen molar-refractivity contribution in [3.8, 4) is 5.88 Å². The van der Waals surface area contributed by atoms with Gasteiger partial charge in [-0.25, -0.2) is 13.4 Å². The maximum absolute atomic E-state index is 11.3. The fourth-order valence-corrected chi connectivity index (χ4v) is 2.28. The molecule has 1 heterocycles. The monoisotopic (exact) mass is 311 g/mol. The number of pyridine rings is 1. The van der Waals surface area contributed by atoms with Crippen LogP contribution < -0.4 is 4.74 Å². The normalized spacial score (nSPS) is 11.1. The minimum absolute atomic E-state index is 0.0256. The molecule has 7 heteroatoms. The van der Waals surface area contributed by atoms with E-state index in [0.29, 0.717) is 6.29 Å². The maximum atomic E-state index is 11.3. The standard InChI is InChI=1S/C13H10ClNO4S/c14-20(17,18)12-6-11(8-16)15-13(7-12)19-9-10-4-2-1-3-5-10/h1-8H,9H2. The fraction of sp³-hybridized carbons (Fsp3) is 0.0769. The van der Waals surface area contributed by atoms with E-state index in [4.69, 9.17) is 15.4 Å². The van der Waals surface area contributed by atoms with Gasteiger partial charge in [0, 0.05) is 16.7 Å². The summed E-state index contributed by atoms with van der Waals surface area (Å²) in [6.07, 6.45) is 0.431. The molecule has 0 amide bonds. The predicted octanol–water partition coefficient (Wildman–Crippen LogP) is 2.40. The third kappa shape index (κ3) is 3.79. The van der Waals surface area contributed by atoms with E-state index in [9.17, 15) is 13.2 Å². The van der Waals surface area contributed by atoms with Gasteiger partial charge in [0.25, 0.3) is 9.05 Å². The summed E-state index contributed by atoms with van der Waals surface area (Å²) in [4.78, 5) is 14.4. The molecule has 2 aromatic rings. The number of aldehydes is 1. The summed E-state index contributed by atoms with van der Waals surface area (Å²) in [5.74, 6) is 0.0256. The number of aromatic nitrogens is 1. The van der Waals surface area contributed by atoms with Crippen molar-refractivity contribution in [2.75, 3.05) is 0 Å². The lowest BCUT2D eigenvalue weighted by Gasteiger charge is -2.07. The van der Waals surface area contributed by atoms with Gasteiger partial charge in [0.05, 0.1) is 4.90 Å². The van der Waals surface area contributed by atoms with E-state index in [1.807, 2.05) is 30.3 Å². The number of carbonyl (C=O) groups is 1. The van der Waals surface area contributed by atoms with Crippen molar-refractivity contribution in [2.45, 2.75) is 11.5 Å². The Morgan fingerprint density at radius 2 is 1.90 bits per heavy atom. The zero-order valence-corrected chi connectivity index (χ0v) is 11.8. The molecule has 104 valence electrons. The first-order valence-corrected chi connectivity index (χ1v) is 7.88. The van der Waals surface area contributed by atoms with Crippen LogP contribution in [-0.2, 0) is 15.7 Å². The van der Waals surface area contributed by atoms with Crippen LogP contribution in [0.2, 0.25) is 0 Å². The highest BCUT2D eigenvalue weighted by atomic mass is 35.7. The molecule has 5 nitrogen and oxygen atoms in total. The van der Waals surface area contributed by atoms with E-state index in [2.05, 4.69) is 4.98 Å². The lowest BCUT2D eigenvalue weighted by molar-refractivity contribution is 0.111. The summed E-state index contributed by atoms with van der Waals surface area (Å²) in [5.41, 5.74) is 0.830. The highest BCUT2D eigenvalue weighted by Crippen LogP contribution is 2.20. The van der Waals surface area contributed by atoms with Crippen LogP contribution in [0.5, 0.6) is 5.88 Å². The first-order chi connectivity index (χ1) is 9.49. The van der Waals surface area contributed by atoms with Crippen LogP contribution in [0.4, 0.5) is 0 Å². The molecule has 2 rings (SSSR count). The Balaban J connectivity index is 2.25. The van der Waals surface area contributed by atoms with Crippen molar-refractivity contribution >= 4 is 26.0 Å². The molecule has 20 heavy (non-hydrogen) atoms. The second kappa shape index (κ2) is 6.02. The van der Waals surface area contributed by atoms with Crippen molar-refractivity contribution in [3.63, 3.8) is 0 Å². The van der Waals surface area contributed by atoms with Gasteiger partial charge < -0.3 is 4.74 Å². The van der Waals surface area contributed by atoms with Gasteiger partial charge >= 0.3 is 0 Å². The SMILES string of the molecule is O=Cc1cc(S(=O)(=O)Cl)cc(OCc2ccccc2)n1. The molecular formula is C13H10ClNO4S. The first kappa shape index (κ1) is 14.5. The van der Waals surface area contributed by atoms with Crippen LogP contribution in [-0.4, -0.2) is 19.7 Å². The molecule has 1 aromatic carbocycles. The van der Waals surface area contributed by atoms with Gasteiger partial charge in [-0.15, -0.1) is 0 Å². The van der Waals surface area contributed by atoms with E-state index in [1.54, 1.807) is 0 Å². The third-order valence-corrected chi connectivity index (χ3v) is 3.76. The average Bonchev–Trinajstić information content (AvgIpc) is 2.45. The molecule has 0 spiro atoms. The molecule has 0 aliphatic rings. The Labute approximate surface area is 120 Å². The fourth-order valence-electron chi connectivity index (χ4n) is 1.51. The third-order valence-electron chi connectivity index (χ3n) is 2.43. The van der Waals surface area contributed by atoms with Gasteiger partial charge in [-0.2, -0.15) is 0 Å². The maximum Gasteiger partial charge on any atom is 0.261 e. The van der Waals surface area contributed by atoms with E-state index < -0.39 is 9.05 Å². The van der Waals surface area contributed by atoms with E-state index >= 15 is 0 Å². The number of hydrogen-bond donors (Lipinski definition) is 0. The molecule has 0 N–H and O–H groups in total. The van der Waals surface area contributed by atoms with Crippen molar-refractivity contribution in [3.05, 3.63) is 53.7 Å². The number of rotatable bonds is 5. The van der Waals surface area contributed by atoms with Gasteiger partial charge in [0.1, 0.15) is 12.3 Å². The molecular weight excluding hydrogens is 302 g/mol. The van der Waals surface area contributed by atoms with E-state index in [-0.39, 0.29) is 23.1 Å². The molecule has 0 atom stereocenters. The van der Waals surface area contributed by atoms with Gasteiger partial charge in [0.2, 0.25) is 5.88 Å². The average molecular weight is 312 g/mol. The summed E-state index contributed by atoms with van der Waals surface area (Å²) in [5, 5.41) is 0. The Bertz CT molecular complexity index is 716. The van der Waals surface area contributed by atoms with Crippen molar-refractivity contribution in [2.24, 2.45) is 0 Å². The van der Waals surface area contributed by atoms with Gasteiger partial charge in [-0.1, -0.05) is 30.3 Å². The van der Waals surface area contributed by atoms with Crippen LogP contribution in [0, 0.1) is 0 Å². The minimum atomic E-state index is -3.95. The van der Waals surface area contributed by atoms with E-state index in [0.717, 1.165) is 11.6 Å². The van der Waals surface area contributed by atoms with Crippen molar-refractivity contribution < 1.29 is 17.9 Å². The lowest BCUT2D eigenvalue weighted by Crippen LogP contribution is -2.02. The number of carbonyl (C=O) groups excluding carboxylic acids is 1. The van der Waals surface area contributed by atoms with Crippen LogP contribution >= 0.6 is 10.7 Å². The predicted molar refractivity (Wildman–Crippen MR) is 73.4 cm³/mol. The molecule has 0 bridgehead atoms. The number of ether oxygens (including phenoxy) is 1. The zero-order valence-electron chi connectivity index (χ0n) is 10.2. The number of benzene rings is 1. The topological polar surface area (TPSA) is 73.3 Å². The zero-order chi connectivity index (χ0) is 14.6. The Morgan fingerprint density at radius 1 is 1.20 bits per heavy atom. The molecule has 0 saturated carbocycles. The van der Waals surface area contributed by atoms with E-state index in [1.165, 1.54) is 6.07 Å². The molecule has 0 aliphatic heterocycles. The van der Waals surface area contributed by atoms with Crippen LogP contribution in [0.3, 0.4) is 0 Å². The molecule has 0 radical (unpaired) electrons. The highest BCUT2D eigenvalue weighted by Gasteiger charge is 2.14. The molecule has 0 aliphatic carbocycles. The summed E-state index contributed by atoms with van der Waals surface area (Å²) in [6, 6.07) is 11.5. The van der Waals surface area contributed by atoms with Crippen LogP contribution in [0.25, 0.3) is 0 Å². The largest absolute Gasteiger partial charge is 0.473 e. The Hall–Kier alpha value is -1.92. The summed E-state index contributed by atoms with van der Waals surface area (Å²) in [6.45, 7) is 0.206. The van der Waals surface area contributed by atoms with Gasteiger partial charge in [0.15, 0.2) is 6.29 Å². The summed E-state index contributed by atoms with van der Waals surface area (Å²) < 4.78 is 28.0. The number of halogens is 1. The van der Waals surface area contributed by atoms with Crippen molar-refractivity contribution in [1.29, 1.82) is 0 Å². The van der Waals surface area contributed by atoms with Crippen LogP contribution in [0.15, 0.2) is 47.4 Å². The molecule has 0 saturated heterocycles. The molecule has 0 fully saturated rings. The summed E-state index contributed by atoms with van der Waals surface area (Å²) >= 11 is 0. The lowest BCUT2D eigenvalue weighted by atomic mass is 10.2. The number of nitrogens with zero attached hydrogens (tertiary/aromatic N) is 1. The highest BCUT2D eigenvalue weighted by molar-refractivity contribution is 8.13. The molecule has 0 unspecified atom stereocenters. The first-order valence-electron chi connectivity index (χ1n) is 5.58. The second-order valence-corrected chi connectivity index (χ2v) is 6.46.